The minimum absolute atomic E-state index is 0.00993. The van der Waals surface area contributed by atoms with E-state index in [1.54, 1.807) is 18.2 Å². The van der Waals surface area contributed by atoms with E-state index in [1.165, 1.54) is 32.1 Å². The Morgan fingerprint density at radius 2 is 1.96 bits per heavy atom. The summed E-state index contributed by atoms with van der Waals surface area (Å²) in [5.74, 6) is -0.783. The summed E-state index contributed by atoms with van der Waals surface area (Å²) in [6.07, 6.45) is 1.35. The summed E-state index contributed by atoms with van der Waals surface area (Å²) in [6, 6.07) is 6.99. The average Bonchev–Trinajstić information content (AvgIpc) is 2.96. The number of nitrogens with two attached hydrogens (primary N) is 1. The highest BCUT2D eigenvalue weighted by Crippen LogP contribution is 2.32. The van der Waals surface area contributed by atoms with Gasteiger partial charge >= 0.3 is 11.9 Å². The summed E-state index contributed by atoms with van der Waals surface area (Å²) in [5, 5.41) is 9.24. The Balaban J connectivity index is 2.79. The first-order valence-corrected chi connectivity index (χ1v) is 7.20. The maximum absolute atomic E-state index is 12.2. The highest BCUT2D eigenvalue weighted by Gasteiger charge is 2.25. The number of carbonyl (C=O) groups excluding carboxylic acids is 2. The lowest BCUT2D eigenvalue weighted by Crippen LogP contribution is -2.14. The van der Waals surface area contributed by atoms with Crippen molar-refractivity contribution in [1.82, 2.24) is 4.57 Å². The van der Waals surface area contributed by atoms with Gasteiger partial charge < -0.3 is 24.5 Å². The van der Waals surface area contributed by atoms with Crippen LogP contribution in [0.15, 0.2) is 24.4 Å². The van der Waals surface area contributed by atoms with Crippen LogP contribution in [-0.2, 0) is 20.7 Å². The van der Waals surface area contributed by atoms with Crippen molar-refractivity contribution in [2.24, 2.45) is 0 Å². The third-order valence-corrected chi connectivity index (χ3v) is 3.65. The van der Waals surface area contributed by atoms with E-state index in [0.717, 1.165) is 0 Å². The van der Waals surface area contributed by atoms with Crippen LogP contribution in [0.25, 0.3) is 5.69 Å². The molecule has 0 saturated heterocycles. The van der Waals surface area contributed by atoms with Gasteiger partial charge in [-0.15, -0.1) is 0 Å². The van der Waals surface area contributed by atoms with Crippen LogP contribution in [0.1, 0.15) is 21.6 Å². The zero-order valence-electron chi connectivity index (χ0n) is 14.0. The molecule has 0 aliphatic carbocycles. The standard InChI is InChI=1S/C17H17N3O5/c1-23-12-6-4-5-10(7-13(21)24-2)15(12)20-9-11(8-18)14(19)16(20)17(22)25-3/h4-6,9H,7,19H2,1-3H3. The molecule has 0 spiro atoms. The van der Waals surface area contributed by atoms with Crippen molar-refractivity contribution in [3.63, 3.8) is 0 Å². The Bertz CT molecular complexity index is 864. The lowest BCUT2D eigenvalue weighted by molar-refractivity contribution is -0.139. The molecule has 0 saturated carbocycles. The molecule has 2 aromatic rings. The van der Waals surface area contributed by atoms with E-state index in [4.69, 9.17) is 19.9 Å². The largest absolute Gasteiger partial charge is 0.495 e. The Labute approximate surface area is 144 Å². The molecule has 2 N–H and O–H groups in total. The molecule has 25 heavy (non-hydrogen) atoms. The topological polar surface area (TPSA) is 117 Å². The molecule has 0 amide bonds. The van der Waals surface area contributed by atoms with Crippen LogP contribution in [0.5, 0.6) is 5.75 Å². The summed E-state index contributed by atoms with van der Waals surface area (Å²) < 4.78 is 16.2. The Morgan fingerprint density at radius 1 is 1.24 bits per heavy atom. The molecule has 1 heterocycles. The molecule has 0 atom stereocenters. The molecular formula is C17H17N3O5. The fourth-order valence-corrected chi connectivity index (χ4v) is 2.47. The second-order valence-corrected chi connectivity index (χ2v) is 5.00. The average molecular weight is 343 g/mol. The normalized spacial score (nSPS) is 10.0. The van der Waals surface area contributed by atoms with Gasteiger partial charge in [0, 0.05) is 6.20 Å². The molecule has 0 unspecified atom stereocenters. The summed E-state index contributed by atoms with van der Waals surface area (Å²) >= 11 is 0. The van der Waals surface area contributed by atoms with Crippen LogP contribution in [0.2, 0.25) is 0 Å². The smallest absolute Gasteiger partial charge is 0.357 e. The zero-order chi connectivity index (χ0) is 18.6. The van der Waals surface area contributed by atoms with E-state index in [9.17, 15) is 14.9 Å². The molecule has 8 heteroatoms. The van der Waals surface area contributed by atoms with Gasteiger partial charge in [-0.2, -0.15) is 5.26 Å². The Kier molecular flexibility index (Phi) is 5.29. The maximum atomic E-state index is 12.2. The van der Waals surface area contributed by atoms with Gasteiger partial charge in [-0.1, -0.05) is 12.1 Å². The third kappa shape index (κ3) is 3.26. The number of hydrogen-bond acceptors (Lipinski definition) is 7. The number of esters is 2. The number of nitrogens with zero attached hydrogens (tertiary/aromatic N) is 2. The van der Waals surface area contributed by atoms with Gasteiger partial charge in [-0.25, -0.2) is 4.79 Å². The molecule has 2 rings (SSSR count). The first-order valence-electron chi connectivity index (χ1n) is 7.20. The predicted octanol–water partition coefficient (Wildman–Crippen LogP) is 1.44. The van der Waals surface area contributed by atoms with Crippen molar-refractivity contribution in [2.75, 3.05) is 27.1 Å². The van der Waals surface area contributed by atoms with Crippen molar-refractivity contribution in [3.8, 4) is 17.5 Å². The number of nitriles is 1. The number of methoxy groups -OCH3 is 3. The molecule has 0 radical (unpaired) electrons. The van der Waals surface area contributed by atoms with E-state index in [0.29, 0.717) is 17.0 Å². The van der Waals surface area contributed by atoms with Crippen LogP contribution >= 0.6 is 0 Å². The van der Waals surface area contributed by atoms with Crippen LogP contribution < -0.4 is 10.5 Å². The number of benzene rings is 1. The lowest BCUT2D eigenvalue weighted by Gasteiger charge is -2.16. The van der Waals surface area contributed by atoms with E-state index in [2.05, 4.69) is 0 Å². The fourth-order valence-electron chi connectivity index (χ4n) is 2.47. The monoisotopic (exact) mass is 343 g/mol. The third-order valence-electron chi connectivity index (χ3n) is 3.65. The zero-order valence-corrected chi connectivity index (χ0v) is 14.0. The van der Waals surface area contributed by atoms with E-state index in [-0.39, 0.29) is 23.4 Å². The summed E-state index contributed by atoms with van der Waals surface area (Å²) in [5.41, 5.74) is 6.94. The second kappa shape index (κ2) is 7.40. The SMILES string of the molecule is COC(=O)Cc1cccc(OC)c1-n1cc(C#N)c(N)c1C(=O)OC. The molecule has 1 aromatic carbocycles. The minimum Gasteiger partial charge on any atom is -0.495 e. The van der Waals surface area contributed by atoms with E-state index >= 15 is 0 Å². The van der Waals surface area contributed by atoms with Gasteiger partial charge in [0.25, 0.3) is 0 Å². The van der Waals surface area contributed by atoms with Gasteiger partial charge in [-0.3, -0.25) is 4.79 Å². The molecule has 0 fully saturated rings. The minimum atomic E-state index is -0.714. The molecule has 0 aliphatic heterocycles. The van der Waals surface area contributed by atoms with Gasteiger partial charge in [0.1, 0.15) is 11.8 Å². The highest BCUT2D eigenvalue weighted by molar-refractivity contribution is 5.96. The first-order chi connectivity index (χ1) is 12.0. The number of nitrogen functional groups attached to an aromatic ring is 1. The van der Waals surface area contributed by atoms with Crippen molar-refractivity contribution in [2.45, 2.75) is 6.42 Å². The number of hydrogen-bond donors (Lipinski definition) is 1. The van der Waals surface area contributed by atoms with Crippen molar-refractivity contribution in [3.05, 3.63) is 41.2 Å². The number of carbonyl (C=O) groups is 2. The quantitative estimate of drug-likeness (QED) is 0.816. The van der Waals surface area contributed by atoms with Gasteiger partial charge in [0.2, 0.25) is 0 Å². The number of para-hydroxylation sites is 1. The molecule has 8 nitrogen and oxygen atoms in total. The number of aromatic nitrogens is 1. The summed E-state index contributed by atoms with van der Waals surface area (Å²) in [4.78, 5) is 23.9. The number of ether oxygens (including phenoxy) is 3. The number of anilines is 1. The van der Waals surface area contributed by atoms with Crippen LogP contribution in [0.3, 0.4) is 0 Å². The summed E-state index contributed by atoms with van der Waals surface area (Å²) in [6.45, 7) is 0. The predicted molar refractivity (Wildman–Crippen MR) is 88.5 cm³/mol. The Hall–Kier alpha value is -3.47. The first kappa shape index (κ1) is 17.9. The van der Waals surface area contributed by atoms with Crippen molar-refractivity contribution in [1.29, 1.82) is 5.26 Å². The molecule has 0 aliphatic rings. The molecule has 0 bridgehead atoms. The van der Waals surface area contributed by atoms with Gasteiger partial charge in [-0.05, 0) is 11.6 Å². The van der Waals surface area contributed by atoms with E-state index < -0.39 is 11.9 Å². The highest BCUT2D eigenvalue weighted by atomic mass is 16.5. The van der Waals surface area contributed by atoms with Gasteiger partial charge in [0.15, 0.2) is 5.69 Å². The van der Waals surface area contributed by atoms with Crippen LogP contribution in [0.4, 0.5) is 5.69 Å². The molecule has 1 aromatic heterocycles. The van der Waals surface area contributed by atoms with Crippen molar-refractivity contribution >= 4 is 17.6 Å². The summed E-state index contributed by atoms with van der Waals surface area (Å²) in [7, 11) is 3.95. The van der Waals surface area contributed by atoms with Crippen LogP contribution in [-0.4, -0.2) is 37.8 Å². The van der Waals surface area contributed by atoms with E-state index in [1.807, 2.05) is 6.07 Å². The number of rotatable bonds is 5. The molecular weight excluding hydrogens is 326 g/mol. The fraction of sp³-hybridized carbons (Fsp3) is 0.235. The Morgan fingerprint density at radius 3 is 2.52 bits per heavy atom. The van der Waals surface area contributed by atoms with Gasteiger partial charge in [0.05, 0.1) is 44.7 Å². The van der Waals surface area contributed by atoms with Crippen molar-refractivity contribution < 1.29 is 23.8 Å². The second-order valence-electron chi connectivity index (χ2n) is 5.00. The van der Waals surface area contributed by atoms with Crippen LogP contribution in [0, 0.1) is 11.3 Å². The molecule has 130 valence electrons. The lowest BCUT2D eigenvalue weighted by atomic mass is 10.1. The maximum Gasteiger partial charge on any atom is 0.357 e.